The van der Waals surface area contributed by atoms with Gasteiger partial charge in [-0.3, -0.25) is 0 Å². The van der Waals surface area contributed by atoms with Crippen LogP contribution >= 0.6 is 0 Å². The molecule has 1 aromatic carbocycles. The molecule has 0 aliphatic heterocycles. The van der Waals surface area contributed by atoms with Gasteiger partial charge in [0, 0.05) is 23.8 Å². The number of hydrogen-bond acceptors (Lipinski definition) is 2. The summed E-state index contributed by atoms with van der Waals surface area (Å²) >= 11 is 0. The fraction of sp³-hybridized carbons (Fsp3) is 0.471. The van der Waals surface area contributed by atoms with Gasteiger partial charge < -0.3 is 5.32 Å². The highest BCUT2D eigenvalue weighted by molar-refractivity contribution is 5.50. The molecular formula is C17H25N3. The van der Waals surface area contributed by atoms with Crippen LogP contribution in [0.5, 0.6) is 0 Å². The van der Waals surface area contributed by atoms with Gasteiger partial charge in [0.2, 0.25) is 0 Å². The summed E-state index contributed by atoms with van der Waals surface area (Å²) in [5, 5.41) is 8.04. The molecule has 0 saturated heterocycles. The van der Waals surface area contributed by atoms with Crippen molar-refractivity contribution in [3.63, 3.8) is 0 Å². The highest BCUT2D eigenvalue weighted by Gasteiger charge is 2.12. The van der Waals surface area contributed by atoms with Crippen LogP contribution in [0.25, 0.3) is 5.69 Å². The van der Waals surface area contributed by atoms with Crippen molar-refractivity contribution in [2.75, 3.05) is 0 Å². The first-order chi connectivity index (χ1) is 9.40. The van der Waals surface area contributed by atoms with Gasteiger partial charge >= 0.3 is 0 Å². The van der Waals surface area contributed by atoms with Crippen LogP contribution in [0, 0.1) is 27.7 Å². The number of nitrogens with zero attached hydrogens (tertiary/aromatic N) is 2. The minimum absolute atomic E-state index is 0.487. The minimum atomic E-state index is 0.487. The predicted molar refractivity (Wildman–Crippen MR) is 84.5 cm³/mol. The molecule has 0 spiro atoms. The van der Waals surface area contributed by atoms with Crippen molar-refractivity contribution in [1.29, 1.82) is 0 Å². The Hall–Kier alpha value is -1.61. The first kappa shape index (κ1) is 14.8. The minimum Gasteiger partial charge on any atom is -0.310 e. The van der Waals surface area contributed by atoms with E-state index >= 15 is 0 Å². The molecule has 0 amide bonds. The van der Waals surface area contributed by atoms with E-state index in [2.05, 4.69) is 68.8 Å². The van der Waals surface area contributed by atoms with E-state index in [0.29, 0.717) is 6.04 Å². The van der Waals surface area contributed by atoms with Gasteiger partial charge in [0.15, 0.2) is 0 Å². The molecule has 0 fully saturated rings. The highest BCUT2D eigenvalue weighted by atomic mass is 15.3. The lowest BCUT2D eigenvalue weighted by atomic mass is 10.0. The SMILES string of the molecule is Cc1cc(C)c(-n2ncc(CNC(C)C)c2C)c(C)c1. The van der Waals surface area contributed by atoms with Gasteiger partial charge in [0.1, 0.15) is 0 Å². The van der Waals surface area contributed by atoms with E-state index < -0.39 is 0 Å². The quantitative estimate of drug-likeness (QED) is 0.920. The van der Waals surface area contributed by atoms with E-state index in [9.17, 15) is 0 Å². The summed E-state index contributed by atoms with van der Waals surface area (Å²) in [7, 11) is 0. The van der Waals surface area contributed by atoms with Crippen LogP contribution in [-0.2, 0) is 6.54 Å². The first-order valence-electron chi connectivity index (χ1n) is 7.25. The zero-order valence-corrected chi connectivity index (χ0v) is 13.4. The molecule has 0 radical (unpaired) electrons. The average molecular weight is 271 g/mol. The molecule has 108 valence electrons. The summed E-state index contributed by atoms with van der Waals surface area (Å²) in [5.41, 5.74) is 7.54. The van der Waals surface area contributed by atoms with Gasteiger partial charge in [0.05, 0.1) is 11.9 Å². The second kappa shape index (κ2) is 5.80. The van der Waals surface area contributed by atoms with Crippen LogP contribution in [0.4, 0.5) is 0 Å². The topological polar surface area (TPSA) is 29.9 Å². The van der Waals surface area contributed by atoms with Crippen molar-refractivity contribution >= 4 is 0 Å². The molecule has 0 bridgehead atoms. The molecule has 0 aliphatic rings. The van der Waals surface area contributed by atoms with Gasteiger partial charge in [-0.1, -0.05) is 31.5 Å². The van der Waals surface area contributed by atoms with E-state index in [-0.39, 0.29) is 0 Å². The third kappa shape index (κ3) is 2.93. The van der Waals surface area contributed by atoms with E-state index in [4.69, 9.17) is 0 Å². The van der Waals surface area contributed by atoms with Crippen LogP contribution in [0.3, 0.4) is 0 Å². The predicted octanol–water partition coefficient (Wildman–Crippen LogP) is 3.60. The van der Waals surface area contributed by atoms with E-state index in [0.717, 1.165) is 6.54 Å². The van der Waals surface area contributed by atoms with Crippen molar-refractivity contribution in [1.82, 2.24) is 15.1 Å². The molecule has 20 heavy (non-hydrogen) atoms. The van der Waals surface area contributed by atoms with E-state index in [1.165, 1.54) is 33.6 Å². The summed E-state index contributed by atoms with van der Waals surface area (Å²) in [6.07, 6.45) is 1.98. The Labute approximate surface area is 122 Å². The summed E-state index contributed by atoms with van der Waals surface area (Å²) in [6.45, 7) is 13.8. The second-order valence-corrected chi connectivity index (χ2v) is 5.95. The third-order valence-corrected chi connectivity index (χ3v) is 3.66. The zero-order valence-electron chi connectivity index (χ0n) is 13.4. The smallest absolute Gasteiger partial charge is 0.0707 e. The summed E-state index contributed by atoms with van der Waals surface area (Å²) in [6, 6.07) is 4.92. The maximum Gasteiger partial charge on any atom is 0.0707 e. The van der Waals surface area contributed by atoms with Crippen LogP contribution in [-0.4, -0.2) is 15.8 Å². The maximum atomic E-state index is 4.59. The molecule has 0 unspecified atom stereocenters. The van der Waals surface area contributed by atoms with Gasteiger partial charge in [-0.2, -0.15) is 5.10 Å². The average Bonchev–Trinajstić information content (AvgIpc) is 2.67. The molecule has 2 rings (SSSR count). The Kier molecular flexibility index (Phi) is 4.29. The van der Waals surface area contributed by atoms with Gasteiger partial charge in [0.25, 0.3) is 0 Å². The number of aromatic nitrogens is 2. The fourth-order valence-electron chi connectivity index (χ4n) is 2.66. The number of hydrogen-bond donors (Lipinski definition) is 1. The van der Waals surface area contributed by atoms with Crippen molar-refractivity contribution in [2.24, 2.45) is 0 Å². The van der Waals surface area contributed by atoms with E-state index in [1.54, 1.807) is 0 Å². The molecule has 3 heteroatoms. The van der Waals surface area contributed by atoms with Crippen LogP contribution in [0.1, 0.15) is 41.8 Å². The van der Waals surface area contributed by atoms with Crippen LogP contribution in [0.15, 0.2) is 18.3 Å². The normalized spacial score (nSPS) is 11.3. The Bertz CT molecular complexity index is 586. The Morgan fingerprint density at radius 3 is 2.25 bits per heavy atom. The van der Waals surface area contributed by atoms with Crippen molar-refractivity contribution < 1.29 is 0 Å². The maximum absolute atomic E-state index is 4.59. The van der Waals surface area contributed by atoms with Crippen LogP contribution in [0.2, 0.25) is 0 Å². The van der Waals surface area contributed by atoms with Gasteiger partial charge in [-0.05, 0) is 38.8 Å². The van der Waals surface area contributed by atoms with Crippen molar-refractivity contribution in [3.05, 3.63) is 46.3 Å². The fourth-order valence-corrected chi connectivity index (χ4v) is 2.66. The molecule has 3 nitrogen and oxygen atoms in total. The molecule has 0 aliphatic carbocycles. The van der Waals surface area contributed by atoms with Gasteiger partial charge in [-0.15, -0.1) is 0 Å². The number of aryl methyl sites for hydroxylation is 3. The standard InChI is InChI=1S/C17H25N3/c1-11(2)18-9-16-10-19-20(15(16)6)17-13(4)7-12(3)8-14(17)5/h7-8,10-11,18H,9H2,1-6H3. The first-order valence-corrected chi connectivity index (χ1v) is 7.25. The molecule has 1 N–H and O–H groups in total. The number of nitrogens with one attached hydrogen (secondary N) is 1. The lowest BCUT2D eigenvalue weighted by Gasteiger charge is -2.14. The molecule has 1 heterocycles. The summed E-state index contributed by atoms with van der Waals surface area (Å²) in [5.74, 6) is 0. The number of benzene rings is 1. The third-order valence-electron chi connectivity index (χ3n) is 3.66. The van der Waals surface area contributed by atoms with E-state index in [1.807, 2.05) is 6.20 Å². The largest absolute Gasteiger partial charge is 0.310 e. The highest BCUT2D eigenvalue weighted by Crippen LogP contribution is 2.23. The lowest BCUT2D eigenvalue weighted by molar-refractivity contribution is 0.587. The molecule has 1 aromatic heterocycles. The molecule has 0 saturated carbocycles. The Morgan fingerprint density at radius 2 is 1.70 bits per heavy atom. The molecule has 2 aromatic rings. The lowest BCUT2D eigenvalue weighted by Crippen LogP contribution is -2.22. The molecular weight excluding hydrogens is 246 g/mol. The van der Waals surface area contributed by atoms with Crippen LogP contribution < -0.4 is 5.32 Å². The summed E-state index contributed by atoms with van der Waals surface area (Å²) < 4.78 is 2.07. The molecule has 0 atom stereocenters. The van der Waals surface area contributed by atoms with Crippen molar-refractivity contribution in [2.45, 2.75) is 54.1 Å². The van der Waals surface area contributed by atoms with Crippen molar-refractivity contribution in [3.8, 4) is 5.69 Å². The second-order valence-electron chi connectivity index (χ2n) is 5.95. The summed E-state index contributed by atoms with van der Waals surface area (Å²) in [4.78, 5) is 0. The Balaban J connectivity index is 2.40. The Morgan fingerprint density at radius 1 is 1.10 bits per heavy atom. The monoisotopic (exact) mass is 271 g/mol. The zero-order chi connectivity index (χ0) is 14.9. The number of rotatable bonds is 4. The van der Waals surface area contributed by atoms with Gasteiger partial charge in [-0.25, -0.2) is 4.68 Å².